The Morgan fingerprint density at radius 2 is 1.67 bits per heavy atom. The van der Waals surface area contributed by atoms with Gasteiger partial charge in [0.15, 0.2) is 8.32 Å². The number of ether oxygens (including phenoxy) is 1. The molecule has 0 heterocycles. The summed E-state index contributed by atoms with van der Waals surface area (Å²) in [6.07, 6.45) is 0. The average Bonchev–Trinajstić information content (AvgIpc) is 2.11. The molecule has 0 bridgehead atoms. The van der Waals surface area contributed by atoms with E-state index in [0.717, 1.165) is 0 Å². The molecule has 1 unspecified atom stereocenters. The zero-order chi connectivity index (χ0) is 14.6. The van der Waals surface area contributed by atoms with Crippen molar-refractivity contribution in [3.05, 3.63) is 0 Å². The molecule has 18 heavy (non-hydrogen) atoms. The maximum Gasteiger partial charge on any atom is 0.384 e. The van der Waals surface area contributed by atoms with Gasteiger partial charge in [0.05, 0.1) is 14.7 Å². The topological polar surface area (TPSA) is 35.5 Å². The Morgan fingerprint density at radius 1 is 1.17 bits per heavy atom. The Labute approximate surface area is 113 Å². The van der Waals surface area contributed by atoms with Crippen LogP contribution in [0.3, 0.4) is 0 Å². The van der Waals surface area contributed by atoms with Gasteiger partial charge in [-0.1, -0.05) is 25.6 Å². The van der Waals surface area contributed by atoms with E-state index in [9.17, 15) is 4.79 Å². The summed E-state index contributed by atoms with van der Waals surface area (Å²) in [5.74, 6) is 5.13. The van der Waals surface area contributed by atoms with E-state index in [-0.39, 0.29) is 0 Å². The van der Waals surface area contributed by atoms with E-state index in [1.54, 1.807) is 6.92 Å². The Hall–Kier alpha value is -0.576. The normalized spacial score (nSPS) is 15.3. The number of hydrogen-bond donors (Lipinski definition) is 0. The van der Waals surface area contributed by atoms with Crippen LogP contribution in [-0.2, 0) is 14.0 Å². The van der Waals surface area contributed by atoms with E-state index >= 15 is 0 Å². The van der Waals surface area contributed by atoms with Crippen molar-refractivity contribution in [2.24, 2.45) is 0 Å². The first kappa shape index (κ1) is 17.4. The van der Waals surface area contributed by atoms with Crippen LogP contribution in [0.2, 0.25) is 39.3 Å². The highest BCUT2D eigenvalue weighted by molar-refractivity contribution is 6.81. The smallest absolute Gasteiger partial charge is 0.384 e. The molecule has 0 rings (SSSR count). The predicted molar refractivity (Wildman–Crippen MR) is 80.6 cm³/mol. The lowest BCUT2D eigenvalue weighted by Gasteiger charge is -2.40. The molecule has 3 nitrogen and oxygen atoms in total. The number of rotatable bonds is 4. The lowest BCUT2D eigenvalue weighted by Crippen LogP contribution is -2.55. The molecule has 0 aliphatic heterocycles. The first-order valence-corrected chi connectivity index (χ1v) is 13.2. The lowest BCUT2D eigenvalue weighted by atomic mass is 10.4. The van der Waals surface area contributed by atoms with Gasteiger partial charge in [-0.3, -0.25) is 0 Å². The van der Waals surface area contributed by atoms with Crippen LogP contribution < -0.4 is 0 Å². The standard InChI is InChI=1S/C13H26O3Si2/c1-9-15-12(14)10-11-13(2,17(3,4)5)16-18(6,7)8/h9H2,1-8H3. The summed E-state index contributed by atoms with van der Waals surface area (Å²) >= 11 is 0. The molecule has 0 radical (unpaired) electrons. The summed E-state index contributed by atoms with van der Waals surface area (Å²) in [4.78, 5) is 11.4. The molecule has 0 spiro atoms. The minimum absolute atomic E-state index is 0.353. The summed E-state index contributed by atoms with van der Waals surface area (Å²) in [5.41, 5.74) is 0. The van der Waals surface area contributed by atoms with Gasteiger partial charge in [-0.15, -0.1) is 0 Å². The first-order chi connectivity index (χ1) is 7.91. The maximum absolute atomic E-state index is 11.4. The number of esters is 1. The molecule has 0 aliphatic rings. The predicted octanol–water partition coefficient (Wildman–Crippen LogP) is 3.04. The Bertz CT molecular complexity index is 355. The van der Waals surface area contributed by atoms with Crippen molar-refractivity contribution >= 4 is 22.4 Å². The summed E-state index contributed by atoms with van der Waals surface area (Å²) in [6, 6.07) is 0. The quantitative estimate of drug-likeness (QED) is 0.345. The molecule has 104 valence electrons. The molecule has 0 aromatic carbocycles. The van der Waals surface area contributed by atoms with Crippen LogP contribution in [0.1, 0.15) is 13.8 Å². The second-order valence-electron chi connectivity index (χ2n) is 6.47. The van der Waals surface area contributed by atoms with Crippen molar-refractivity contribution in [3.63, 3.8) is 0 Å². The molecule has 0 aliphatic carbocycles. The van der Waals surface area contributed by atoms with E-state index in [2.05, 4.69) is 51.1 Å². The fourth-order valence-corrected chi connectivity index (χ4v) is 5.17. The molecule has 0 N–H and O–H groups in total. The third-order valence-electron chi connectivity index (χ3n) is 2.62. The zero-order valence-corrected chi connectivity index (χ0v) is 14.9. The molecule has 1 atom stereocenters. The monoisotopic (exact) mass is 286 g/mol. The van der Waals surface area contributed by atoms with Crippen LogP contribution in [-0.4, -0.2) is 34.2 Å². The van der Waals surface area contributed by atoms with Gasteiger partial charge in [0.1, 0.15) is 5.22 Å². The van der Waals surface area contributed by atoms with E-state index in [1.165, 1.54) is 0 Å². The Kier molecular flexibility index (Phi) is 5.85. The second kappa shape index (κ2) is 6.04. The van der Waals surface area contributed by atoms with Crippen LogP contribution in [0.15, 0.2) is 0 Å². The zero-order valence-electron chi connectivity index (χ0n) is 12.9. The van der Waals surface area contributed by atoms with Crippen LogP contribution in [0, 0.1) is 11.8 Å². The summed E-state index contributed by atoms with van der Waals surface area (Å²) in [5, 5.41) is -0.510. The minimum atomic E-state index is -1.71. The maximum atomic E-state index is 11.4. The highest BCUT2D eigenvalue weighted by Crippen LogP contribution is 2.27. The molecular weight excluding hydrogens is 260 g/mol. The van der Waals surface area contributed by atoms with Crippen molar-refractivity contribution in [2.75, 3.05) is 6.61 Å². The molecule has 0 aromatic rings. The highest BCUT2D eigenvalue weighted by atomic mass is 28.4. The van der Waals surface area contributed by atoms with Crippen LogP contribution in [0.5, 0.6) is 0 Å². The Morgan fingerprint density at radius 3 is 2.00 bits per heavy atom. The largest absolute Gasteiger partial charge is 0.456 e. The fraction of sp³-hybridized carbons (Fsp3) is 0.769. The van der Waals surface area contributed by atoms with Crippen molar-refractivity contribution in [2.45, 2.75) is 58.4 Å². The van der Waals surface area contributed by atoms with E-state index in [0.29, 0.717) is 6.61 Å². The molecule has 0 saturated heterocycles. The Balaban J connectivity index is 5.20. The average molecular weight is 287 g/mol. The van der Waals surface area contributed by atoms with Crippen molar-refractivity contribution in [1.82, 2.24) is 0 Å². The molecule has 0 aromatic heterocycles. The van der Waals surface area contributed by atoms with Crippen molar-refractivity contribution in [3.8, 4) is 11.8 Å². The van der Waals surface area contributed by atoms with E-state index < -0.39 is 27.6 Å². The number of hydrogen-bond acceptors (Lipinski definition) is 3. The third-order valence-corrected chi connectivity index (χ3v) is 6.93. The third kappa shape index (κ3) is 5.85. The van der Waals surface area contributed by atoms with Crippen molar-refractivity contribution in [1.29, 1.82) is 0 Å². The molecular formula is C13H26O3Si2. The molecule has 0 amide bonds. The second-order valence-corrected chi connectivity index (χ2v) is 16.4. The molecule has 0 saturated carbocycles. The van der Waals surface area contributed by atoms with Crippen LogP contribution in [0.25, 0.3) is 0 Å². The number of carbonyl (C=O) groups excluding carboxylic acids is 1. The first-order valence-electron chi connectivity index (χ1n) is 6.31. The summed E-state index contributed by atoms with van der Waals surface area (Å²) in [7, 11) is -3.39. The van der Waals surface area contributed by atoms with Gasteiger partial charge in [-0.05, 0) is 33.5 Å². The highest BCUT2D eigenvalue weighted by Gasteiger charge is 2.42. The van der Waals surface area contributed by atoms with Gasteiger partial charge in [0.25, 0.3) is 0 Å². The molecule has 5 heteroatoms. The minimum Gasteiger partial charge on any atom is -0.456 e. The van der Waals surface area contributed by atoms with E-state index in [1.807, 2.05) is 6.92 Å². The van der Waals surface area contributed by atoms with Gasteiger partial charge < -0.3 is 9.16 Å². The van der Waals surface area contributed by atoms with Gasteiger partial charge in [0, 0.05) is 5.92 Å². The number of carbonyl (C=O) groups is 1. The summed E-state index contributed by atoms with van der Waals surface area (Å²) in [6.45, 7) is 17.1. The van der Waals surface area contributed by atoms with Gasteiger partial charge >= 0.3 is 5.97 Å². The van der Waals surface area contributed by atoms with Gasteiger partial charge in [-0.2, -0.15) is 0 Å². The summed E-state index contributed by atoms with van der Waals surface area (Å²) < 4.78 is 11.1. The SMILES string of the molecule is CCOC(=O)C#CC(C)(O[Si](C)(C)C)[Si](C)(C)C. The lowest BCUT2D eigenvalue weighted by molar-refractivity contribution is -0.136. The molecule has 0 fully saturated rings. The fourth-order valence-electron chi connectivity index (χ4n) is 1.32. The van der Waals surface area contributed by atoms with Gasteiger partial charge in [0.2, 0.25) is 0 Å². The van der Waals surface area contributed by atoms with Crippen LogP contribution >= 0.6 is 0 Å². The van der Waals surface area contributed by atoms with Crippen LogP contribution in [0.4, 0.5) is 0 Å². The van der Waals surface area contributed by atoms with Crippen molar-refractivity contribution < 1.29 is 14.0 Å². The van der Waals surface area contributed by atoms with E-state index in [4.69, 9.17) is 9.16 Å². The van der Waals surface area contributed by atoms with Gasteiger partial charge in [-0.25, -0.2) is 4.79 Å².